The van der Waals surface area contributed by atoms with E-state index in [1.165, 1.54) is 0 Å². The van der Waals surface area contributed by atoms with E-state index in [1.807, 2.05) is 6.92 Å². The maximum atomic E-state index is 13.2. The van der Waals surface area contributed by atoms with Crippen LogP contribution in [-0.4, -0.2) is 28.1 Å². The van der Waals surface area contributed by atoms with E-state index in [0.717, 1.165) is 60.6 Å². The zero-order chi connectivity index (χ0) is 22.3. The number of alkyl halides is 1. The van der Waals surface area contributed by atoms with Gasteiger partial charge in [0.1, 0.15) is 5.56 Å². The number of carboxylic acids is 1. The molecule has 0 bridgehead atoms. The molecule has 1 amide bonds. The molecular formula is C23H35IN2O4. The summed E-state index contributed by atoms with van der Waals surface area (Å²) < 4.78 is 2.50. The summed E-state index contributed by atoms with van der Waals surface area (Å²) in [6.07, 6.45) is 6.34. The highest BCUT2D eigenvalue weighted by molar-refractivity contribution is 14.1. The molecule has 1 saturated carbocycles. The Labute approximate surface area is 193 Å². The van der Waals surface area contributed by atoms with Crippen LogP contribution < -0.4 is 10.9 Å². The first-order valence-electron chi connectivity index (χ1n) is 11.0. The van der Waals surface area contributed by atoms with Crippen molar-refractivity contribution in [1.82, 2.24) is 9.88 Å². The fourth-order valence-electron chi connectivity index (χ4n) is 4.48. The first-order chi connectivity index (χ1) is 14.2. The van der Waals surface area contributed by atoms with Gasteiger partial charge in [-0.15, -0.1) is 0 Å². The molecule has 0 spiro atoms. The second-order valence-electron chi connectivity index (χ2n) is 8.97. The Morgan fingerprint density at radius 2 is 1.93 bits per heavy atom. The van der Waals surface area contributed by atoms with Gasteiger partial charge in [0, 0.05) is 23.2 Å². The molecular weight excluding hydrogens is 495 g/mol. The van der Waals surface area contributed by atoms with Crippen molar-refractivity contribution in [3.05, 3.63) is 33.2 Å². The van der Waals surface area contributed by atoms with Crippen LogP contribution in [0.5, 0.6) is 0 Å². The van der Waals surface area contributed by atoms with Gasteiger partial charge in [-0.3, -0.25) is 14.4 Å². The quantitative estimate of drug-likeness (QED) is 0.343. The Morgan fingerprint density at radius 3 is 2.47 bits per heavy atom. The summed E-state index contributed by atoms with van der Waals surface area (Å²) in [6, 6.07) is 1.74. The number of pyridine rings is 1. The molecule has 2 rings (SSSR count). The van der Waals surface area contributed by atoms with Crippen LogP contribution in [0.3, 0.4) is 0 Å². The minimum absolute atomic E-state index is 0.0552. The second-order valence-corrected chi connectivity index (χ2v) is 9.73. The lowest BCUT2D eigenvalue weighted by atomic mass is 9.71. The molecule has 1 aliphatic rings. The van der Waals surface area contributed by atoms with Gasteiger partial charge in [0.25, 0.3) is 11.5 Å². The van der Waals surface area contributed by atoms with Gasteiger partial charge in [0.15, 0.2) is 0 Å². The average Bonchev–Trinajstić information content (AvgIpc) is 2.70. The van der Waals surface area contributed by atoms with Gasteiger partial charge in [-0.05, 0) is 48.6 Å². The molecule has 0 unspecified atom stereocenters. The molecule has 30 heavy (non-hydrogen) atoms. The largest absolute Gasteiger partial charge is 0.481 e. The topological polar surface area (TPSA) is 88.4 Å². The van der Waals surface area contributed by atoms with Crippen LogP contribution in [0.25, 0.3) is 0 Å². The monoisotopic (exact) mass is 530 g/mol. The predicted molar refractivity (Wildman–Crippen MR) is 127 cm³/mol. The molecule has 1 aromatic heterocycles. The number of hydrogen-bond donors (Lipinski definition) is 2. The number of carbonyl (C=O) groups excluding carboxylic acids is 1. The van der Waals surface area contributed by atoms with Gasteiger partial charge >= 0.3 is 5.97 Å². The lowest BCUT2D eigenvalue weighted by molar-refractivity contribution is -0.140. The minimum Gasteiger partial charge on any atom is -0.481 e. The first-order valence-corrected chi connectivity index (χ1v) is 12.6. The number of aliphatic carboxylic acids is 1. The van der Waals surface area contributed by atoms with E-state index in [1.54, 1.807) is 10.6 Å². The van der Waals surface area contributed by atoms with E-state index in [9.17, 15) is 19.5 Å². The molecule has 1 fully saturated rings. The van der Waals surface area contributed by atoms with Crippen LogP contribution in [0, 0.1) is 11.3 Å². The summed E-state index contributed by atoms with van der Waals surface area (Å²) >= 11 is 2.27. The molecule has 0 saturated heterocycles. The third kappa shape index (κ3) is 6.31. The Morgan fingerprint density at radius 1 is 1.27 bits per heavy atom. The van der Waals surface area contributed by atoms with E-state index in [2.05, 4.69) is 41.8 Å². The molecule has 1 aliphatic carbocycles. The second kappa shape index (κ2) is 11.3. The van der Waals surface area contributed by atoms with Crippen LogP contribution in [0.1, 0.15) is 87.3 Å². The number of carboxylic acid groups (broad SMARTS) is 1. The summed E-state index contributed by atoms with van der Waals surface area (Å²) in [5.74, 6) is -0.756. The van der Waals surface area contributed by atoms with Gasteiger partial charge in [-0.1, -0.05) is 62.6 Å². The van der Waals surface area contributed by atoms with Gasteiger partial charge < -0.3 is 15.0 Å². The smallest absolute Gasteiger partial charge is 0.303 e. The number of nitrogens with one attached hydrogen (secondary N) is 1. The zero-order valence-corrected chi connectivity index (χ0v) is 20.6. The van der Waals surface area contributed by atoms with Crippen LogP contribution in [0.15, 0.2) is 10.9 Å². The number of amides is 1. The summed E-state index contributed by atoms with van der Waals surface area (Å²) in [5.41, 5.74) is 1.54. The third-order valence-corrected chi connectivity index (χ3v) is 7.03. The van der Waals surface area contributed by atoms with Crippen molar-refractivity contribution < 1.29 is 14.7 Å². The summed E-state index contributed by atoms with van der Waals surface area (Å²) in [5, 5.41) is 12.3. The molecule has 1 aromatic rings. The van der Waals surface area contributed by atoms with Crippen LogP contribution in [0.2, 0.25) is 0 Å². The van der Waals surface area contributed by atoms with Gasteiger partial charge in [-0.25, -0.2) is 0 Å². The lowest BCUT2D eigenvalue weighted by Crippen LogP contribution is -2.42. The highest BCUT2D eigenvalue weighted by Gasteiger charge is 2.35. The van der Waals surface area contributed by atoms with Crippen LogP contribution in [0.4, 0.5) is 0 Å². The van der Waals surface area contributed by atoms with E-state index < -0.39 is 11.4 Å². The van der Waals surface area contributed by atoms with Crippen LogP contribution in [-0.2, 0) is 22.2 Å². The van der Waals surface area contributed by atoms with E-state index in [4.69, 9.17) is 0 Å². The normalized spacial score (nSPS) is 15.9. The maximum absolute atomic E-state index is 13.2. The van der Waals surface area contributed by atoms with Crippen molar-refractivity contribution >= 4 is 34.5 Å². The zero-order valence-electron chi connectivity index (χ0n) is 18.4. The Hall–Kier alpha value is -1.38. The van der Waals surface area contributed by atoms with Gasteiger partial charge in [-0.2, -0.15) is 0 Å². The molecule has 0 radical (unpaired) electrons. The molecule has 1 heterocycles. The van der Waals surface area contributed by atoms with Crippen molar-refractivity contribution in [3.63, 3.8) is 0 Å². The predicted octanol–water partition coefficient (Wildman–Crippen LogP) is 4.55. The molecule has 168 valence electrons. The van der Waals surface area contributed by atoms with Gasteiger partial charge in [0.05, 0.1) is 6.42 Å². The Balaban J connectivity index is 2.30. The van der Waals surface area contributed by atoms with E-state index in [-0.39, 0.29) is 23.5 Å². The Kier molecular flexibility index (Phi) is 9.37. The first kappa shape index (κ1) is 24.9. The van der Waals surface area contributed by atoms with E-state index >= 15 is 0 Å². The third-order valence-electron chi connectivity index (χ3n) is 6.21. The van der Waals surface area contributed by atoms with Crippen molar-refractivity contribution in [1.29, 1.82) is 0 Å². The summed E-state index contributed by atoms with van der Waals surface area (Å²) in [4.78, 5) is 37.6. The molecule has 7 heteroatoms. The standard InChI is InChI=1S/C23H35IN2O4/c1-4-19-17(14-24)12-18(22(30)26(19)11-8-16(2)3)21(29)25-15-23(13-20(27)28)9-6-5-7-10-23/h12,16H,4-11,13-15H2,1-3H3,(H,25,29)(H,27,28). The minimum atomic E-state index is -0.832. The number of nitrogens with zero attached hydrogens (tertiary/aromatic N) is 1. The summed E-state index contributed by atoms with van der Waals surface area (Å²) in [7, 11) is 0. The highest BCUT2D eigenvalue weighted by atomic mass is 127. The molecule has 6 nitrogen and oxygen atoms in total. The number of halogens is 1. The van der Waals surface area contributed by atoms with Crippen molar-refractivity contribution in [2.45, 2.75) is 83.1 Å². The van der Waals surface area contributed by atoms with Crippen molar-refractivity contribution in [2.24, 2.45) is 11.3 Å². The molecule has 0 aliphatic heterocycles. The SMILES string of the molecule is CCc1c(CI)cc(C(=O)NCC2(CC(=O)O)CCCCC2)c(=O)n1CCC(C)C. The highest BCUT2D eigenvalue weighted by Crippen LogP contribution is 2.38. The molecule has 0 atom stereocenters. The van der Waals surface area contributed by atoms with Crippen molar-refractivity contribution in [2.75, 3.05) is 6.54 Å². The summed E-state index contributed by atoms with van der Waals surface area (Å²) in [6.45, 7) is 7.19. The number of aromatic nitrogens is 1. The Bertz CT molecular complexity index is 810. The van der Waals surface area contributed by atoms with Gasteiger partial charge in [0.2, 0.25) is 0 Å². The van der Waals surface area contributed by atoms with Crippen molar-refractivity contribution in [3.8, 4) is 0 Å². The molecule has 2 N–H and O–H groups in total. The van der Waals surface area contributed by atoms with E-state index in [0.29, 0.717) is 19.0 Å². The fraction of sp³-hybridized carbons (Fsp3) is 0.696. The fourth-order valence-corrected chi connectivity index (χ4v) is 5.14. The number of carbonyl (C=O) groups is 2. The number of hydrogen-bond acceptors (Lipinski definition) is 3. The maximum Gasteiger partial charge on any atom is 0.303 e. The van der Waals surface area contributed by atoms with Crippen LogP contribution >= 0.6 is 22.6 Å². The number of rotatable bonds is 10. The molecule has 0 aromatic carbocycles. The lowest BCUT2D eigenvalue weighted by Gasteiger charge is -2.36. The average molecular weight is 530 g/mol.